The van der Waals surface area contributed by atoms with E-state index in [4.69, 9.17) is 0 Å². The molecule has 10 heteroatoms. The van der Waals surface area contributed by atoms with Crippen LogP contribution in [-0.4, -0.2) is 45.3 Å². The van der Waals surface area contributed by atoms with Crippen LogP contribution in [0.4, 0.5) is 5.13 Å². The maximum atomic E-state index is 12.8. The molecule has 0 aliphatic carbocycles. The molecule has 0 saturated heterocycles. The van der Waals surface area contributed by atoms with Gasteiger partial charge in [-0.05, 0) is 43.3 Å². The van der Waals surface area contributed by atoms with Crippen molar-refractivity contribution < 1.29 is 9.59 Å². The zero-order chi connectivity index (χ0) is 24.4. The molecule has 0 spiro atoms. The Bertz CT molecular complexity index is 1400. The monoisotopic (exact) mass is 504 g/mol. The van der Waals surface area contributed by atoms with E-state index in [2.05, 4.69) is 37.5 Å². The van der Waals surface area contributed by atoms with Gasteiger partial charge in [0.25, 0.3) is 11.8 Å². The smallest absolute Gasteiger partial charge is 0.263 e. The van der Waals surface area contributed by atoms with E-state index in [9.17, 15) is 9.59 Å². The number of carbonyl (C=O) groups excluding carboxylic acids is 2. The van der Waals surface area contributed by atoms with Gasteiger partial charge in [-0.2, -0.15) is 0 Å². The fourth-order valence-corrected chi connectivity index (χ4v) is 5.72. The summed E-state index contributed by atoms with van der Waals surface area (Å²) in [5, 5.41) is 7.21. The van der Waals surface area contributed by atoms with Gasteiger partial charge in [0.2, 0.25) is 0 Å². The molecule has 0 atom stereocenters. The van der Waals surface area contributed by atoms with E-state index >= 15 is 0 Å². The van der Waals surface area contributed by atoms with Gasteiger partial charge in [-0.25, -0.2) is 9.97 Å². The summed E-state index contributed by atoms with van der Waals surface area (Å²) >= 11 is 2.85. The molecular formula is C25H24N6O2S2. The number of likely N-dealkylation sites (N-methyl/N-ethyl adjacent to an activating group) is 1. The van der Waals surface area contributed by atoms with Crippen molar-refractivity contribution in [2.24, 2.45) is 0 Å². The van der Waals surface area contributed by atoms with Gasteiger partial charge in [-0.3, -0.25) is 19.9 Å². The minimum absolute atomic E-state index is 0.206. The maximum Gasteiger partial charge on any atom is 0.263 e. The summed E-state index contributed by atoms with van der Waals surface area (Å²) in [5.41, 5.74) is 4.35. The first kappa shape index (κ1) is 23.3. The van der Waals surface area contributed by atoms with E-state index in [1.807, 2.05) is 25.1 Å². The van der Waals surface area contributed by atoms with Crippen LogP contribution in [0.1, 0.15) is 41.7 Å². The quantitative estimate of drug-likeness (QED) is 0.409. The number of thiazole rings is 2. The molecule has 0 radical (unpaired) electrons. The maximum absolute atomic E-state index is 12.8. The normalized spacial score (nSPS) is 13.3. The molecule has 2 amide bonds. The van der Waals surface area contributed by atoms with Gasteiger partial charge in [0.1, 0.15) is 9.88 Å². The number of fused-ring (bicyclic) bond motifs is 1. The summed E-state index contributed by atoms with van der Waals surface area (Å²) in [4.78, 5) is 42.6. The highest BCUT2D eigenvalue weighted by Crippen LogP contribution is 2.28. The molecule has 1 aromatic carbocycles. The molecule has 0 saturated carbocycles. The van der Waals surface area contributed by atoms with Crippen LogP contribution in [0.15, 0.2) is 48.9 Å². The first-order valence-electron chi connectivity index (χ1n) is 11.2. The number of anilines is 1. The van der Waals surface area contributed by atoms with Gasteiger partial charge >= 0.3 is 0 Å². The topological polar surface area (TPSA) is 100 Å². The van der Waals surface area contributed by atoms with Crippen molar-refractivity contribution in [3.8, 4) is 10.6 Å². The minimum Gasteiger partial charge on any atom is -0.347 e. The number of carbonyl (C=O) groups is 2. The third kappa shape index (κ3) is 5.45. The summed E-state index contributed by atoms with van der Waals surface area (Å²) in [6, 6.07) is 9.23. The fourth-order valence-electron chi connectivity index (χ4n) is 3.82. The number of rotatable bonds is 6. The Hall–Kier alpha value is -3.47. The van der Waals surface area contributed by atoms with E-state index in [1.165, 1.54) is 27.6 Å². The number of benzene rings is 1. The van der Waals surface area contributed by atoms with Crippen molar-refractivity contribution in [3.05, 3.63) is 81.1 Å². The molecule has 1 aliphatic rings. The predicted octanol–water partition coefficient (Wildman–Crippen LogP) is 4.14. The van der Waals surface area contributed by atoms with Crippen molar-refractivity contribution >= 4 is 39.6 Å². The van der Waals surface area contributed by atoms with Gasteiger partial charge in [-0.1, -0.05) is 12.1 Å². The molecule has 8 nitrogen and oxygen atoms in total. The summed E-state index contributed by atoms with van der Waals surface area (Å²) in [6.45, 7) is 4.11. The molecule has 178 valence electrons. The van der Waals surface area contributed by atoms with Gasteiger partial charge < -0.3 is 10.2 Å². The second-order valence-corrected chi connectivity index (χ2v) is 10.6. The van der Waals surface area contributed by atoms with Gasteiger partial charge in [-0.15, -0.1) is 22.7 Å². The number of nitrogens with zero attached hydrogens (tertiary/aromatic N) is 4. The zero-order valence-electron chi connectivity index (χ0n) is 19.4. The highest BCUT2D eigenvalue weighted by Gasteiger charge is 2.19. The highest BCUT2D eigenvalue weighted by molar-refractivity contribution is 7.17. The Labute approximate surface area is 211 Å². The lowest BCUT2D eigenvalue weighted by Gasteiger charge is -2.20. The average molecular weight is 505 g/mol. The molecule has 0 bridgehead atoms. The zero-order valence-corrected chi connectivity index (χ0v) is 21.0. The van der Waals surface area contributed by atoms with Crippen LogP contribution >= 0.6 is 22.7 Å². The SMILES string of the molecule is Cc1cncc(-c2ncc(C(=O)NCc3cccc(C(=O)Nc4nc5c(s4)CN(C)CC5)c3)s2)c1. The lowest BCUT2D eigenvalue weighted by molar-refractivity contribution is 0.0954. The van der Waals surface area contributed by atoms with Crippen LogP contribution in [0.25, 0.3) is 10.6 Å². The Kier molecular flexibility index (Phi) is 6.67. The average Bonchev–Trinajstić information content (AvgIpc) is 3.50. The predicted molar refractivity (Wildman–Crippen MR) is 138 cm³/mol. The van der Waals surface area contributed by atoms with Crippen molar-refractivity contribution in [2.75, 3.05) is 18.9 Å². The van der Waals surface area contributed by atoms with Crippen molar-refractivity contribution in [1.82, 2.24) is 25.2 Å². The first-order valence-corrected chi connectivity index (χ1v) is 12.8. The van der Waals surface area contributed by atoms with Crippen LogP contribution in [0.3, 0.4) is 0 Å². The molecule has 4 aromatic rings. The van der Waals surface area contributed by atoms with Crippen LogP contribution in [-0.2, 0) is 19.5 Å². The second kappa shape index (κ2) is 10.0. The summed E-state index contributed by atoms with van der Waals surface area (Å²) in [7, 11) is 2.08. The Morgan fingerprint density at radius 2 is 2.00 bits per heavy atom. The Morgan fingerprint density at radius 1 is 1.11 bits per heavy atom. The summed E-state index contributed by atoms with van der Waals surface area (Å²) in [5.74, 6) is -0.418. The number of pyridine rings is 1. The third-order valence-electron chi connectivity index (χ3n) is 5.64. The Morgan fingerprint density at radius 3 is 2.86 bits per heavy atom. The molecule has 35 heavy (non-hydrogen) atoms. The van der Waals surface area contributed by atoms with E-state index < -0.39 is 0 Å². The van der Waals surface area contributed by atoms with Crippen molar-refractivity contribution in [1.29, 1.82) is 0 Å². The lowest BCUT2D eigenvalue weighted by Crippen LogP contribution is -2.25. The van der Waals surface area contributed by atoms with Crippen molar-refractivity contribution in [2.45, 2.75) is 26.4 Å². The Balaban J connectivity index is 1.20. The highest BCUT2D eigenvalue weighted by atomic mass is 32.1. The second-order valence-electron chi connectivity index (χ2n) is 8.49. The molecule has 3 aromatic heterocycles. The van der Waals surface area contributed by atoms with E-state index in [0.717, 1.165) is 46.9 Å². The summed E-state index contributed by atoms with van der Waals surface area (Å²) in [6.07, 6.45) is 6.00. The number of nitrogens with one attached hydrogen (secondary N) is 2. The number of hydrogen-bond acceptors (Lipinski definition) is 8. The molecule has 0 fully saturated rings. The van der Waals surface area contributed by atoms with Crippen LogP contribution in [0.5, 0.6) is 0 Å². The largest absolute Gasteiger partial charge is 0.347 e. The van der Waals surface area contributed by atoms with E-state index in [0.29, 0.717) is 22.1 Å². The number of hydrogen-bond donors (Lipinski definition) is 2. The standard InChI is InChI=1S/C25H24N6O2S2/c1-15-8-18(12-26-10-15)24-28-13-20(34-24)23(33)27-11-16-4-3-5-17(9-16)22(32)30-25-29-19-6-7-31(2)14-21(19)35-25/h3-5,8-10,12-13H,6-7,11,14H2,1-2H3,(H,27,33)(H,29,30,32). The molecule has 0 unspecified atom stereocenters. The molecule has 1 aliphatic heterocycles. The van der Waals surface area contributed by atoms with Gasteiger partial charge in [0, 0.05) is 54.5 Å². The van der Waals surface area contributed by atoms with Crippen molar-refractivity contribution in [3.63, 3.8) is 0 Å². The fraction of sp³-hybridized carbons (Fsp3) is 0.240. The summed E-state index contributed by atoms with van der Waals surface area (Å²) < 4.78 is 0. The number of amides is 2. The van der Waals surface area contributed by atoms with Gasteiger partial charge in [0.15, 0.2) is 5.13 Å². The van der Waals surface area contributed by atoms with E-state index in [-0.39, 0.29) is 11.8 Å². The third-order valence-corrected chi connectivity index (χ3v) is 7.68. The minimum atomic E-state index is -0.212. The first-order chi connectivity index (χ1) is 16.9. The molecule has 4 heterocycles. The van der Waals surface area contributed by atoms with E-state index in [1.54, 1.807) is 30.7 Å². The van der Waals surface area contributed by atoms with Gasteiger partial charge in [0.05, 0.1) is 11.9 Å². The molecule has 2 N–H and O–H groups in total. The number of aromatic nitrogens is 3. The van der Waals surface area contributed by atoms with Crippen LogP contribution < -0.4 is 10.6 Å². The van der Waals surface area contributed by atoms with Crippen LogP contribution in [0.2, 0.25) is 0 Å². The van der Waals surface area contributed by atoms with Crippen LogP contribution in [0, 0.1) is 6.92 Å². The number of aryl methyl sites for hydroxylation is 1. The lowest BCUT2D eigenvalue weighted by atomic mass is 10.1. The molecular weight excluding hydrogens is 480 g/mol. The molecule has 5 rings (SSSR count).